The van der Waals surface area contributed by atoms with E-state index in [-0.39, 0.29) is 0 Å². The lowest BCUT2D eigenvalue weighted by Gasteiger charge is -2.08. The zero-order valence-electron chi connectivity index (χ0n) is 16.7. The van der Waals surface area contributed by atoms with Gasteiger partial charge in [-0.1, -0.05) is 60.3 Å². The van der Waals surface area contributed by atoms with E-state index in [0.717, 1.165) is 44.3 Å². The fourth-order valence-electron chi connectivity index (χ4n) is 3.02. The van der Waals surface area contributed by atoms with Crippen LogP contribution >= 0.6 is 23.1 Å². The molecular weight excluding hydrogens is 412 g/mol. The first-order valence-electron chi connectivity index (χ1n) is 9.55. The summed E-state index contributed by atoms with van der Waals surface area (Å²) in [5.41, 5.74) is 3.36. The number of thioether (sulfide) groups is 1. The summed E-state index contributed by atoms with van der Waals surface area (Å²) in [6, 6.07) is 18.3. The Labute approximate surface area is 184 Å². The summed E-state index contributed by atoms with van der Waals surface area (Å²) in [5, 5.41) is 12.9. The molecule has 5 nitrogen and oxygen atoms in total. The van der Waals surface area contributed by atoms with E-state index in [0.29, 0.717) is 13.0 Å². The van der Waals surface area contributed by atoms with Crippen LogP contribution in [0.5, 0.6) is 5.75 Å². The molecule has 0 aliphatic rings. The van der Waals surface area contributed by atoms with Gasteiger partial charge in [-0.15, -0.1) is 28.1 Å². The Morgan fingerprint density at radius 2 is 1.90 bits per heavy atom. The summed E-state index contributed by atoms with van der Waals surface area (Å²) in [5.74, 6) is 2.52. The number of rotatable bonds is 9. The first kappa shape index (κ1) is 20.4. The van der Waals surface area contributed by atoms with Crippen LogP contribution < -0.4 is 4.74 Å². The molecular formula is C23H22N4OS2. The molecule has 2 heterocycles. The van der Waals surface area contributed by atoms with Crippen LogP contribution in [0.25, 0.3) is 10.6 Å². The first-order valence-corrected chi connectivity index (χ1v) is 11.4. The molecule has 0 saturated carbocycles. The summed E-state index contributed by atoms with van der Waals surface area (Å²) >= 11 is 3.32. The molecule has 2 aromatic heterocycles. The molecule has 4 aromatic rings. The number of thiazole rings is 1. The standard InChI is InChI=1S/C23H22N4OS2/c1-3-13-27-21(14-17-9-11-20(28-2)12-10-17)25-26-23(27)30-16-19-15-29-22(24-19)18-7-5-4-6-8-18/h3-12,15H,1,13-14,16H2,2H3. The average Bonchev–Trinajstić information content (AvgIpc) is 3.41. The third-order valence-electron chi connectivity index (χ3n) is 4.55. The lowest BCUT2D eigenvalue weighted by molar-refractivity contribution is 0.414. The molecule has 0 saturated heterocycles. The van der Waals surface area contributed by atoms with Crippen LogP contribution in [0, 0.1) is 0 Å². The zero-order chi connectivity index (χ0) is 20.8. The minimum atomic E-state index is 0.674. The van der Waals surface area contributed by atoms with Crippen LogP contribution in [0.3, 0.4) is 0 Å². The molecule has 0 aliphatic carbocycles. The fraction of sp³-hybridized carbons (Fsp3) is 0.174. The summed E-state index contributed by atoms with van der Waals surface area (Å²) in [7, 11) is 1.67. The van der Waals surface area contributed by atoms with Crippen molar-refractivity contribution in [2.45, 2.75) is 23.9 Å². The smallest absolute Gasteiger partial charge is 0.191 e. The van der Waals surface area contributed by atoms with Crippen LogP contribution in [0.4, 0.5) is 0 Å². The van der Waals surface area contributed by atoms with Gasteiger partial charge in [0.2, 0.25) is 0 Å². The highest BCUT2D eigenvalue weighted by Gasteiger charge is 2.14. The predicted octanol–water partition coefficient (Wildman–Crippen LogP) is 5.48. The molecule has 152 valence electrons. The minimum Gasteiger partial charge on any atom is -0.497 e. The molecule has 0 unspecified atom stereocenters. The molecule has 7 heteroatoms. The second-order valence-corrected chi connectivity index (χ2v) is 8.42. The van der Waals surface area contributed by atoms with E-state index < -0.39 is 0 Å². The molecule has 0 spiro atoms. The van der Waals surface area contributed by atoms with Gasteiger partial charge >= 0.3 is 0 Å². The van der Waals surface area contributed by atoms with Gasteiger partial charge in [-0.2, -0.15) is 0 Å². The number of methoxy groups -OCH3 is 1. The molecule has 0 atom stereocenters. The first-order chi connectivity index (χ1) is 14.8. The second kappa shape index (κ2) is 9.73. The van der Waals surface area contributed by atoms with E-state index in [1.54, 1.807) is 30.2 Å². The minimum absolute atomic E-state index is 0.674. The van der Waals surface area contributed by atoms with E-state index in [1.807, 2.05) is 36.4 Å². The summed E-state index contributed by atoms with van der Waals surface area (Å²) in [6.07, 6.45) is 2.58. The third kappa shape index (κ3) is 4.80. The van der Waals surface area contributed by atoms with E-state index in [2.05, 4.69) is 51.0 Å². The Morgan fingerprint density at radius 3 is 2.63 bits per heavy atom. The SMILES string of the molecule is C=CCn1c(Cc2ccc(OC)cc2)nnc1SCc1csc(-c2ccccc2)n1. The van der Waals surface area contributed by atoms with Crippen LogP contribution in [0.1, 0.15) is 17.1 Å². The van der Waals surface area contributed by atoms with Crippen LogP contribution in [0.15, 0.2) is 77.8 Å². The Morgan fingerprint density at radius 1 is 1.10 bits per heavy atom. The van der Waals surface area contributed by atoms with Gasteiger partial charge in [0.25, 0.3) is 0 Å². The number of allylic oxidation sites excluding steroid dienone is 1. The van der Waals surface area contributed by atoms with Gasteiger partial charge in [0.15, 0.2) is 5.16 Å². The normalized spacial score (nSPS) is 10.8. The van der Waals surface area contributed by atoms with Gasteiger partial charge in [0, 0.05) is 29.7 Å². The van der Waals surface area contributed by atoms with Crippen molar-refractivity contribution in [1.82, 2.24) is 19.7 Å². The number of ether oxygens (including phenoxy) is 1. The Hall–Kier alpha value is -2.90. The molecule has 4 rings (SSSR count). The molecule has 0 radical (unpaired) electrons. The van der Waals surface area contributed by atoms with Crippen molar-refractivity contribution in [3.63, 3.8) is 0 Å². The van der Waals surface area contributed by atoms with Crippen LogP contribution in [-0.2, 0) is 18.7 Å². The number of hydrogen-bond acceptors (Lipinski definition) is 6. The number of benzene rings is 2. The van der Waals surface area contributed by atoms with E-state index >= 15 is 0 Å². The molecule has 30 heavy (non-hydrogen) atoms. The average molecular weight is 435 g/mol. The van der Waals surface area contributed by atoms with Gasteiger partial charge in [-0.3, -0.25) is 0 Å². The monoisotopic (exact) mass is 434 g/mol. The highest BCUT2D eigenvalue weighted by Crippen LogP contribution is 2.28. The zero-order valence-corrected chi connectivity index (χ0v) is 18.3. The van der Waals surface area contributed by atoms with E-state index in [1.165, 1.54) is 0 Å². The molecule has 0 aliphatic heterocycles. The lowest BCUT2D eigenvalue weighted by atomic mass is 10.1. The molecule has 0 N–H and O–H groups in total. The molecule has 0 fully saturated rings. The number of aromatic nitrogens is 4. The van der Waals surface area contributed by atoms with Crippen molar-refractivity contribution in [3.8, 4) is 16.3 Å². The maximum absolute atomic E-state index is 5.23. The predicted molar refractivity (Wildman–Crippen MR) is 123 cm³/mol. The fourth-order valence-corrected chi connectivity index (χ4v) is 4.81. The van der Waals surface area contributed by atoms with Gasteiger partial charge < -0.3 is 9.30 Å². The topological polar surface area (TPSA) is 52.8 Å². The number of nitrogens with zero attached hydrogens (tertiary/aromatic N) is 4. The lowest BCUT2D eigenvalue weighted by Crippen LogP contribution is -2.05. The summed E-state index contributed by atoms with van der Waals surface area (Å²) < 4.78 is 7.35. The van der Waals surface area contributed by atoms with E-state index in [9.17, 15) is 0 Å². The number of hydrogen-bond donors (Lipinski definition) is 0. The van der Waals surface area contributed by atoms with E-state index in [4.69, 9.17) is 9.72 Å². The van der Waals surface area contributed by atoms with Crippen molar-refractivity contribution in [3.05, 3.63) is 89.7 Å². The summed E-state index contributed by atoms with van der Waals surface area (Å²) in [4.78, 5) is 4.77. The van der Waals surface area contributed by atoms with Gasteiger partial charge in [0.1, 0.15) is 16.6 Å². The highest BCUT2D eigenvalue weighted by molar-refractivity contribution is 7.98. The Balaban J connectivity index is 1.46. The van der Waals surface area contributed by atoms with Crippen molar-refractivity contribution >= 4 is 23.1 Å². The van der Waals surface area contributed by atoms with Crippen LogP contribution in [0.2, 0.25) is 0 Å². The van der Waals surface area contributed by atoms with Crippen molar-refractivity contribution < 1.29 is 4.74 Å². The third-order valence-corrected chi connectivity index (χ3v) is 6.49. The second-order valence-electron chi connectivity index (χ2n) is 6.62. The van der Waals surface area contributed by atoms with Crippen molar-refractivity contribution in [1.29, 1.82) is 0 Å². The van der Waals surface area contributed by atoms with Gasteiger partial charge in [-0.05, 0) is 17.7 Å². The quantitative estimate of drug-likeness (QED) is 0.258. The van der Waals surface area contributed by atoms with Crippen molar-refractivity contribution in [2.24, 2.45) is 0 Å². The Bertz CT molecular complexity index is 1100. The van der Waals surface area contributed by atoms with Crippen LogP contribution in [-0.4, -0.2) is 26.9 Å². The molecule has 0 amide bonds. The van der Waals surface area contributed by atoms with Gasteiger partial charge in [-0.25, -0.2) is 4.98 Å². The van der Waals surface area contributed by atoms with Gasteiger partial charge in [0.05, 0.1) is 12.8 Å². The highest BCUT2D eigenvalue weighted by atomic mass is 32.2. The molecule has 2 aromatic carbocycles. The van der Waals surface area contributed by atoms with Crippen molar-refractivity contribution in [2.75, 3.05) is 7.11 Å². The molecule has 0 bridgehead atoms. The maximum Gasteiger partial charge on any atom is 0.191 e. The maximum atomic E-state index is 5.23. The summed E-state index contributed by atoms with van der Waals surface area (Å²) in [6.45, 7) is 4.56. The largest absolute Gasteiger partial charge is 0.497 e. The Kier molecular flexibility index (Phi) is 6.61.